The van der Waals surface area contributed by atoms with Gasteiger partial charge in [-0.25, -0.2) is 15.0 Å². The molecule has 8 aromatic carbocycles. The summed E-state index contributed by atoms with van der Waals surface area (Å²) in [5.41, 5.74) is 11.4. The highest BCUT2D eigenvalue weighted by Gasteiger charge is 2.26. The summed E-state index contributed by atoms with van der Waals surface area (Å²) in [5, 5.41) is 7.65. The van der Waals surface area contributed by atoms with Crippen molar-refractivity contribution in [3.8, 4) is 62.1 Å². The van der Waals surface area contributed by atoms with Crippen molar-refractivity contribution < 1.29 is 0 Å². The Bertz CT molecular complexity index is 2960. The third-order valence-corrected chi connectivity index (χ3v) is 10.3. The van der Waals surface area contributed by atoms with E-state index >= 15 is 0 Å². The fourth-order valence-corrected chi connectivity index (χ4v) is 8.14. The van der Waals surface area contributed by atoms with Crippen LogP contribution in [0.25, 0.3) is 105 Å². The van der Waals surface area contributed by atoms with E-state index in [9.17, 15) is 0 Å². The molecule has 0 unspecified atom stereocenters. The first-order valence-electron chi connectivity index (χ1n) is 17.3. The lowest BCUT2D eigenvalue weighted by molar-refractivity contribution is 1.07. The second-order valence-electron chi connectivity index (χ2n) is 13.2. The predicted octanol–water partition coefficient (Wildman–Crippen LogP) is 11.9. The van der Waals surface area contributed by atoms with Gasteiger partial charge in [0.1, 0.15) is 0 Å². The Balaban J connectivity index is 1.21. The molecule has 0 bridgehead atoms. The van der Waals surface area contributed by atoms with Gasteiger partial charge in [0.05, 0.1) is 11.0 Å². The average Bonchev–Trinajstić information content (AvgIpc) is 3.72. The molecule has 2 aromatic heterocycles. The summed E-state index contributed by atoms with van der Waals surface area (Å²) in [6.45, 7) is 0. The van der Waals surface area contributed by atoms with Crippen LogP contribution in [0.3, 0.4) is 0 Å². The van der Waals surface area contributed by atoms with Gasteiger partial charge in [-0.3, -0.25) is 0 Å². The number of fused-ring (bicyclic) bond motifs is 9. The van der Waals surface area contributed by atoms with Crippen molar-refractivity contribution in [2.24, 2.45) is 0 Å². The first-order valence-corrected chi connectivity index (χ1v) is 17.3. The maximum Gasteiger partial charge on any atom is 0.164 e. The van der Waals surface area contributed by atoms with Gasteiger partial charge in [-0.2, -0.15) is 0 Å². The zero-order chi connectivity index (χ0) is 33.5. The molecule has 10 aromatic rings. The van der Waals surface area contributed by atoms with Crippen LogP contribution in [-0.2, 0) is 0 Å². The highest BCUT2D eigenvalue weighted by molar-refractivity contribution is 6.33. The Hall–Kier alpha value is -6.91. The summed E-state index contributed by atoms with van der Waals surface area (Å²) in [6.07, 6.45) is 0. The van der Waals surface area contributed by atoms with E-state index in [-0.39, 0.29) is 0 Å². The van der Waals surface area contributed by atoms with E-state index in [1.807, 2.05) is 60.7 Å². The summed E-state index contributed by atoms with van der Waals surface area (Å²) < 4.78 is 2.43. The van der Waals surface area contributed by atoms with Crippen molar-refractivity contribution in [1.82, 2.24) is 19.5 Å². The molecule has 0 atom stereocenters. The summed E-state index contributed by atoms with van der Waals surface area (Å²) in [4.78, 5) is 15.0. The highest BCUT2D eigenvalue weighted by atomic mass is 15.0. The van der Waals surface area contributed by atoms with Crippen molar-refractivity contribution in [3.05, 3.63) is 170 Å². The molecule has 0 saturated carbocycles. The molecule has 51 heavy (non-hydrogen) atoms. The Morgan fingerprint density at radius 2 is 0.882 bits per heavy atom. The normalized spacial score (nSPS) is 11.9. The summed E-state index contributed by atoms with van der Waals surface area (Å²) in [5.74, 6) is 1.94. The molecule has 236 valence electrons. The van der Waals surface area contributed by atoms with Crippen molar-refractivity contribution in [2.45, 2.75) is 0 Å². The van der Waals surface area contributed by atoms with Gasteiger partial charge >= 0.3 is 0 Å². The molecule has 1 aliphatic carbocycles. The van der Waals surface area contributed by atoms with Gasteiger partial charge in [0, 0.05) is 33.2 Å². The van der Waals surface area contributed by atoms with E-state index in [2.05, 4.69) is 114 Å². The molecule has 2 heterocycles. The average molecular weight is 649 g/mol. The fraction of sp³-hybridized carbons (Fsp3) is 0. The zero-order valence-corrected chi connectivity index (χ0v) is 27.5. The Morgan fingerprint density at radius 3 is 1.63 bits per heavy atom. The largest absolute Gasteiger partial charge is 0.309 e. The standard InChI is InChI=1S/C47H28N4/c1-3-14-30(15-4-1)45-48-46(31-16-5-2-6-17-31)50-47(49-45)32-18-11-19-33(27-32)51-40-26-25-29-13-7-8-20-34(29)43(40)44-38-24-12-23-37-35-21-9-10-22-36(35)39(42(37)38)28-41(44)51/h1-28H. The van der Waals surface area contributed by atoms with Crippen molar-refractivity contribution >= 4 is 43.4 Å². The second-order valence-corrected chi connectivity index (χ2v) is 13.2. The van der Waals surface area contributed by atoms with Gasteiger partial charge in [-0.15, -0.1) is 0 Å². The number of aromatic nitrogens is 4. The summed E-state index contributed by atoms with van der Waals surface area (Å²) >= 11 is 0. The van der Waals surface area contributed by atoms with Gasteiger partial charge in [-0.05, 0) is 68.1 Å². The van der Waals surface area contributed by atoms with E-state index in [0.717, 1.165) is 22.4 Å². The Labute approximate surface area is 294 Å². The van der Waals surface area contributed by atoms with Crippen molar-refractivity contribution in [2.75, 3.05) is 0 Å². The molecule has 4 heteroatoms. The molecule has 0 aliphatic heterocycles. The topological polar surface area (TPSA) is 43.6 Å². The molecule has 0 N–H and O–H groups in total. The smallest absolute Gasteiger partial charge is 0.164 e. The van der Waals surface area contributed by atoms with Crippen LogP contribution in [0.4, 0.5) is 0 Å². The van der Waals surface area contributed by atoms with Crippen LogP contribution in [0, 0.1) is 0 Å². The van der Waals surface area contributed by atoms with Crippen LogP contribution < -0.4 is 0 Å². The van der Waals surface area contributed by atoms with E-state index in [1.54, 1.807) is 0 Å². The van der Waals surface area contributed by atoms with Gasteiger partial charge in [0.25, 0.3) is 0 Å². The van der Waals surface area contributed by atoms with Gasteiger partial charge in [-0.1, -0.05) is 146 Å². The van der Waals surface area contributed by atoms with Gasteiger partial charge in [0.2, 0.25) is 0 Å². The number of rotatable bonds is 4. The third-order valence-electron chi connectivity index (χ3n) is 10.3. The van der Waals surface area contributed by atoms with E-state index in [4.69, 9.17) is 15.0 Å². The molecule has 0 saturated heterocycles. The number of hydrogen-bond acceptors (Lipinski definition) is 3. The monoisotopic (exact) mass is 648 g/mol. The lowest BCUT2D eigenvalue weighted by Crippen LogP contribution is -2.01. The molecule has 11 rings (SSSR count). The SMILES string of the molecule is c1ccc(-c2nc(-c3ccccc3)nc(-c3cccc(-n4c5ccc6ccccc6c5c5c6cccc7c6c(cc54)-c4ccccc4-7)c3)n2)cc1. The quantitative estimate of drug-likeness (QED) is 0.191. The molecule has 0 spiro atoms. The molecule has 4 nitrogen and oxygen atoms in total. The van der Waals surface area contributed by atoms with Crippen LogP contribution in [0.15, 0.2) is 170 Å². The van der Waals surface area contributed by atoms with Crippen LogP contribution in [0.2, 0.25) is 0 Å². The molecule has 1 aliphatic rings. The predicted molar refractivity (Wildman–Crippen MR) is 210 cm³/mol. The lowest BCUT2D eigenvalue weighted by Gasteiger charge is -2.12. The van der Waals surface area contributed by atoms with Crippen molar-refractivity contribution in [1.29, 1.82) is 0 Å². The second kappa shape index (κ2) is 10.8. The fourth-order valence-electron chi connectivity index (χ4n) is 8.14. The molecule has 0 fully saturated rings. The maximum absolute atomic E-state index is 5.06. The van der Waals surface area contributed by atoms with E-state index < -0.39 is 0 Å². The Kier molecular flexibility index (Phi) is 5.92. The van der Waals surface area contributed by atoms with Gasteiger partial charge in [0.15, 0.2) is 17.5 Å². The van der Waals surface area contributed by atoms with Gasteiger partial charge < -0.3 is 4.57 Å². The van der Waals surface area contributed by atoms with Crippen LogP contribution in [-0.4, -0.2) is 19.5 Å². The lowest BCUT2D eigenvalue weighted by atomic mass is 9.96. The molecular weight excluding hydrogens is 621 g/mol. The van der Waals surface area contributed by atoms with E-state index in [0.29, 0.717) is 17.5 Å². The zero-order valence-electron chi connectivity index (χ0n) is 27.5. The number of benzene rings is 8. The van der Waals surface area contributed by atoms with Crippen molar-refractivity contribution in [3.63, 3.8) is 0 Å². The van der Waals surface area contributed by atoms with E-state index in [1.165, 1.54) is 65.6 Å². The number of hydrogen-bond donors (Lipinski definition) is 0. The maximum atomic E-state index is 5.06. The Morgan fingerprint density at radius 1 is 0.333 bits per heavy atom. The van der Waals surface area contributed by atoms with Crippen LogP contribution >= 0.6 is 0 Å². The molecule has 0 amide bonds. The minimum absolute atomic E-state index is 0.637. The third kappa shape index (κ3) is 4.17. The number of nitrogens with zero attached hydrogens (tertiary/aromatic N) is 4. The summed E-state index contributed by atoms with van der Waals surface area (Å²) in [7, 11) is 0. The first kappa shape index (κ1) is 28.0. The minimum Gasteiger partial charge on any atom is -0.309 e. The molecule has 0 radical (unpaired) electrons. The highest BCUT2D eigenvalue weighted by Crippen LogP contribution is 2.51. The first-order chi connectivity index (χ1) is 25.3. The molecular formula is C47H28N4. The van der Waals surface area contributed by atoms with Crippen LogP contribution in [0.5, 0.6) is 0 Å². The minimum atomic E-state index is 0.637. The summed E-state index contributed by atoms with van der Waals surface area (Å²) in [6, 6.07) is 60.2. The van der Waals surface area contributed by atoms with Crippen LogP contribution in [0.1, 0.15) is 0 Å².